The minimum Gasteiger partial charge on any atom is -0.494 e. The molecule has 0 bridgehead atoms. The molecule has 14 heavy (non-hydrogen) atoms. The summed E-state index contributed by atoms with van der Waals surface area (Å²) in [6.45, 7) is 0.659. The van der Waals surface area contributed by atoms with Gasteiger partial charge in [0.15, 0.2) is 0 Å². The molecule has 4 heteroatoms. The van der Waals surface area contributed by atoms with Crippen LogP contribution in [0.4, 0.5) is 0 Å². The Morgan fingerprint density at radius 2 is 2.07 bits per heavy atom. The number of nitrogens with one attached hydrogen (secondary N) is 1. The van der Waals surface area contributed by atoms with Crippen LogP contribution in [0.15, 0.2) is 30.3 Å². The summed E-state index contributed by atoms with van der Waals surface area (Å²) >= 11 is 4.89. The predicted octanol–water partition coefficient (Wildman–Crippen LogP) is 1.64. The van der Waals surface area contributed by atoms with Gasteiger partial charge in [-0.3, -0.25) is 5.84 Å². The molecule has 0 radical (unpaired) electrons. The van der Waals surface area contributed by atoms with Crippen LogP contribution >= 0.6 is 12.2 Å². The molecule has 3 nitrogen and oxygen atoms in total. The minimum atomic E-state index is 0.659. The summed E-state index contributed by atoms with van der Waals surface area (Å²) in [5.41, 5.74) is 2.44. The van der Waals surface area contributed by atoms with E-state index >= 15 is 0 Å². The lowest BCUT2D eigenvalue weighted by Gasteiger charge is -2.05. The summed E-state index contributed by atoms with van der Waals surface area (Å²) in [5.74, 6) is 6.02. The van der Waals surface area contributed by atoms with Crippen molar-refractivity contribution in [2.45, 2.75) is 12.8 Å². The second kappa shape index (κ2) is 6.34. The topological polar surface area (TPSA) is 47.3 Å². The predicted molar refractivity (Wildman–Crippen MR) is 61.1 cm³/mol. The SMILES string of the molecule is NNC(=S)CCCOc1ccccc1. The molecule has 0 aliphatic carbocycles. The fourth-order valence-corrected chi connectivity index (χ4v) is 1.16. The average molecular weight is 210 g/mol. The molecular formula is C10H14N2OS. The van der Waals surface area contributed by atoms with Gasteiger partial charge in [-0.15, -0.1) is 0 Å². The summed E-state index contributed by atoms with van der Waals surface area (Å²) in [4.78, 5) is 0.668. The Labute approximate surface area is 89.2 Å². The van der Waals surface area contributed by atoms with Crippen molar-refractivity contribution in [1.82, 2.24) is 5.43 Å². The van der Waals surface area contributed by atoms with Crippen molar-refractivity contribution in [1.29, 1.82) is 0 Å². The van der Waals surface area contributed by atoms with Gasteiger partial charge in [-0.2, -0.15) is 0 Å². The molecule has 0 atom stereocenters. The largest absolute Gasteiger partial charge is 0.494 e. The Morgan fingerprint density at radius 1 is 1.36 bits per heavy atom. The van der Waals surface area contributed by atoms with Gasteiger partial charge in [-0.1, -0.05) is 30.4 Å². The Balaban J connectivity index is 2.13. The lowest BCUT2D eigenvalue weighted by Crippen LogP contribution is -2.28. The van der Waals surface area contributed by atoms with Crippen LogP contribution in [0.1, 0.15) is 12.8 Å². The number of nitrogens with two attached hydrogens (primary N) is 1. The van der Waals surface area contributed by atoms with Gasteiger partial charge in [0.25, 0.3) is 0 Å². The molecule has 3 N–H and O–H groups in total. The summed E-state index contributed by atoms with van der Waals surface area (Å²) in [5, 5.41) is 0. The maximum Gasteiger partial charge on any atom is 0.119 e. The number of para-hydroxylation sites is 1. The molecule has 0 aliphatic rings. The molecule has 1 aromatic rings. The first kappa shape index (κ1) is 10.9. The second-order valence-corrected chi connectivity index (χ2v) is 3.33. The quantitative estimate of drug-likeness (QED) is 0.336. The van der Waals surface area contributed by atoms with E-state index in [9.17, 15) is 0 Å². The maximum absolute atomic E-state index is 5.47. The van der Waals surface area contributed by atoms with Crippen molar-refractivity contribution < 1.29 is 4.74 Å². The third-order valence-electron chi connectivity index (χ3n) is 1.72. The van der Waals surface area contributed by atoms with E-state index in [0.717, 1.165) is 18.6 Å². The number of hydrogen-bond donors (Lipinski definition) is 2. The third-order valence-corrected chi connectivity index (χ3v) is 2.04. The Hall–Kier alpha value is -1.13. The Morgan fingerprint density at radius 3 is 2.71 bits per heavy atom. The van der Waals surface area contributed by atoms with Crippen molar-refractivity contribution in [3.05, 3.63) is 30.3 Å². The number of ether oxygens (including phenoxy) is 1. The highest BCUT2D eigenvalue weighted by atomic mass is 32.1. The van der Waals surface area contributed by atoms with Gasteiger partial charge in [-0.25, -0.2) is 0 Å². The monoisotopic (exact) mass is 210 g/mol. The first-order valence-electron chi connectivity index (χ1n) is 4.50. The van der Waals surface area contributed by atoms with Crippen LogP contribution in [-0.4, -0.2) is 11.6 Å². The zero-order valence-corrected chi connectivity index (χ0v) is 8.72. The molecule has 0 spiro atoms. The van der Waals surface area contributed by atoms with Gasteiger partial charge in [0.2, 0.25) is 0 Å². The minimum absolute atomic E-state index is 0.659. The Kier molecular flexibility index (Phi) is 4.96. The molecule has 0 heterocycles. The molecule has 0 saturated heterocycles. The van der Waals surface area contributed by atoms with Crippen molar-refractivity contribution in [2.24, 2.45) is 5.84 Å². The molecule has 0 fully saturated rings. The summed E-state index contributed by atoms with van der Waals surface area (Å²) in [6.07, 6.45) is 1.64. The molecule has 1 aromatic carbocycles. The second-order valence-electron chi connectivity index (χ2n) is 2.83. The van der Waals surface area contributed by atoms with Gasteiger partial charge in [0.1, 0.15) is 5.75 Å². The van der Waals surface area contributed by atoms with Crippen molar-refractivity contribution >= 4 is 17.2 Å². The number of hydrazine groups is 1. The van der Waals surface area contributed by atoms with Crippen LogP contribution in [0, 0.1) is 0 Å². The molecule has 0 amide bonds. The Bertz CT molecular complexity index is 277. The van der Waals surface area contributed by atoms with E-state index in [2.05, 4.69) is 5.43 Å². The van der Waals surface area contributed by atoms with Crippen LogP contribution in [0.5, 0.6) is 5.75 Å². The normalized spacial score (nSPS) is 9.50. The first-order valence-corrected chi connectivity index (χ1v) is 4.91. The van der Waals surface area contributed by atoms with Crippen LogP contribution in [0.2, 0.25) is 0 Å². The average Bonchev–Trinajstić information content (AvgIpc) is 2.25. The molecule has 76 valence electrons. The van der Waals surface area contributed by atoms with Crippen LogP contribution in [-0.2, 0) is 0 Å². The first-order chi connectivity index (χ1) is 6.83. The lowest BCUT2D eigenvalue weighted by molar-refractivity contribution is 0.313. The molecule has 1 rings (SSSR count). The number of rotatable bonds is 5. The van der Waals surface area contributed by atoms with E-state index in [0.29, 0.717) is 11.6 Å². The number of benzene rings is 1. The maximum atomic E-state index is 5.47. The molecular weight excluding hydrogens is 196 g/mol. The number of thiocarbonyl (C=S) groups is 1. The van der Waals surface area contributed by atoms with Crippen molar-refractivity contribution in [2.75, 3.05) is 6.61 Å². The van der Waals surface area contributed by atoms with E-state index in [1.54, 1.807) is 0 Å². The summed E-state index contributed by atoms with van der Waals surface area (Å²) in [6, 6.07) is 9.71. The molecule has 0 unspecified atom stereocenters. The van der Waals surface area contributed by atoms with Gasteiger partial charge < -0.3 is 10.2 Å². The zero-order valence-electron chi connectivity index (χ0n) is 7.90. The van der Waals surface area contributed by atoms with Gasteiger partial charge in [0, 0.05) is 6.42 Å². The van der Waals surface area contributed by atoms with Crippen molar-refractivity contribution in [3.63, 3.8) is 0 Å². The zero-order chi connectivity index (χ0) is 10.2. The highest BCUT2D eigenvalue weighted by Gasteiger charge is 1.94. The standard InChI is InChI=1S/C10H14N2OS/c11-12-10(14)7-4-8-13-9-5-2-1-3-6-9/h1-3,5-6H,4,7-8,11H2,(H,12,14). The molecule has 0 aliphatic heterocycles. The van der Waals surface area contributed by atoms with Gasteiger partial charge in [-0.05, 0) is 18.6 Å². The summed E-state index contributed by atoms with van der Waals surface area (Å²) in [7, 11) is 0. The fraction of sp³-hybridized carbons (Fsp3) is 0.300. The smallest absolute Gasteiger partial charge is 0.119 e. The lowest BCUT2D eigenvalue weighted by atomic mass is 10.3. The van der Waals surface area contributed by atoms with E-state index in [1.807, 2.05) is 30.3 Å². The number of hydrogen-bond acceptors (Lipinski definition) is 3. The van der Waals surface area contributed by atoms with Crippen molar-refractivity contribution in [3.8, 4) is 5.75 Å². The van der Waals surface area contributed by atoms with E-state index in [4.69, 9.17) is 22.8 Å². The van der Waals surface area contributed by atoms with Crippen LogP contribution in [0.25, 0.3) is 0 Å². The summed E-state index contributed by atoms with van der Waals surface area (Å²) < 4.78 is 5.47. The molecule has 0 aromatic heterocycles. The van der Waals surface area contributed by atoms with E-state index in [-0.39, 0.29) is 0 Å². The van der Waals surface area contributed by atoms with E-state index < -0.39 is 0 Å². The van der Waals surface area contributed by atoms with Crippen LogP contribution in [0.3, 0.4) is 0 Å². The highest BCUT2D eigenvalue weighted by molar-refractivity contribution is 7.80. The van der Waals surface area contributed by atoms with Gasteiger partial charge >= 0.3 is 0 Å². The molecule has 0 saturated carbocycles. The van der Waals surface area contributed by atoms with E-state index in [1.165, 1.54) is 0 Å². The fourth-order valence-electron chi connectivity index (χ4n) is 1.01. The van der Waals surface area contributed by atoms with Gasteiger partial charge in [0.05, 0.1) is 11.6 Å². The van der Waals surface area contributed by atoms with Crippen LogP contribution < -0.4 is 16.0 Å². The highest BCUT2D eigenvalue weighted by Crippen LogP contribution is 2.08. The third kappa shape index (κ3) is 4.20.